The van der Waals surface area contributed by atoms with E-state index in [1.807, 2.05) is 19.1 Å². The molecule has 1 heterocycles. The number of halogens is 1. The molecule has 0 aliphatic rings. The molecule has 4 heteroatoms. The molecule has 0 bridgehead atoms. The number of hydrogen-bond acceptors (Lipinski definition) is 3. The van der Waals surface area contributed by atoms with E-state index in [4.69, 9.17) is 5.26 Å². The molecule has 0 spiro atoms. The maximum Gasteiger partial charge on any atom is 0.112 e. The van der Waals surface area contributed by atoms with Crippen molar-refractivity contribution in [2.24, 2.45) is 0 Å². The summed E-state index contributed by atoms with van der Waals surface area (Å²) < 4.78 is 1.07. The highest BCUT2D eigenvalue weighted by molar-refractivity contribution is 9.11. The minimum Gasteiger partial charge on any atom is -0.362 e. The van der Waals surface area contributed by atoms with E-state index in [-0.39, 0.29) is 6.04 Å². The summed E-state index contributed by atoms with van der Waals surface area (Å²) in [6.07, 6.45) is 0. The van der Waals surface area contributed by atoms with Crippen LogP contribution in [0.4, 0.5) is 5.00 Å². The lowest BCUT2D eigenvalue weighted by atomic mass is 10.4. The average molecular weight is 231 g/mol. The lowest BCUT2D eigenvalue weighted by Crippen LogP contribution is -2.10. The van der Waals surface area contributed by atoms with Gasteiger partial charge < -0.3 is 5.32 Å². The summed E-state index contributed by atoms with van der Waals surface area (Å²) in [4.78, 5) is 0. The second-order valence-electron chi connectivity index (χ2n) is 2.10. The molecule has 1 N–H and O–H groups in total. The summed E-state index contributed by atoms with van der Waals surface area (Å²) in [7, 11) is 0. The van der Waals surface area contributed by atoms with Gasteiger partial charge in [0.2, 0.25) is 0 Å². The molecule has 0 aliphatic carbocycles. The Morgan fingerprint density at radius 3 is 2.91 bits per heavy atom. The standard InChI is InChI=1S/C7H7BrN2S/c1-5(4-9)10-7-3-2-6(8)11-7/h2-3,5,10H,1H3. The number of rotatable bonds is 2. The van der Waals surface area contributed by atoms with Crippen molar-refractivity contribution in [2.45, 2.75) is 13.0 Å². The lowest BCUT2D eigenvalue weighted by Gasteiger charge is -2.02. The van der Waals surface area contributed by atoms with Crippen molar-refractivity contribution in [1.82, 2.24) is 0 Å². The molecule has 0 saturated carbocycles. The zero-order chi connectivity index (χ0) is 8.27. The summed E-state index contributed by atoms with van der Waals surface area (Å²) in [5, 5.41) is 12.5. The maximum atomic E-state index is 8.48. The van der Waals surface area contributed by atoms with Crippen LogP contribution in [0.2, 0.25) is 0 Å². The highest BCUT2D eigenvalue weighted by atomic mass is 79.9. The van der Waals surface area contributed by atoms with Crippen LogP contribution in [0.5, 0.6) is 0 Å². The number of thiophene rings is 1. The van der Waals surface area contributed by atoms with Gasteiger partial charge in [-0.2, -0.15) is 5.26 Å². The van der Waals surface area contributed by atoms with Crippen LogP contribution >= 0.6 is 27.3 Å². The monoisotopic (exact) mass is 230 g/mol. The highest BCUT2D eigenvalue weighted by Gasteiger charge is 2.00. The van der Waals surface area contributed by atoms with Crippen LogP contribution in [-0.4, -0.2) is 6.04 Å². The highest BCUT2D eigenvalue weighted by Crippen LogP contribution is 2.26. The van der Waals surface area contributed by atoms with E-state index in [1.165, 1.54) is 0 Å². The molecule has 0 amide bonds. The van der Waals surface area contributed by atoms with E-state index >= 15 is 0 Å². The smallest absolute Gasteiger partial charge is 0.112 e. The molecule has 0 radical (unpaired) electrons. The fraction of sp³-hybridized carbons (Fsp3) is 0.286. The van der Waals surface area contributed by atoms with E-state index in [2.05, 4.69) is 27.3 Å². The van der Waals surface area contributed by atoms with Crippen LogP contribution in [-0.2, 0) is 0 Å². The molecule has 1 aromatic heterocycles. The third-order valence-corrected chi connectivity index (χ3v) is 2.68. The Labute approximate surface area is 78.0 Å². The van der Waals surface area contributed by atoms with Gasteiger partial charge in [0, 0.05) is 0 Å². The molecule has 2 nitrogen and oxygen atoms in total. The van der Waals surface area contributed by atoms with Gasteiger partial charge in [0.15, 0.2) is 0 Å². The van der Waals surface area contributed by atoms with Gasteiger partial charge in [-0.3, -0.25) is 0 Å². The first kappa shape index (κ1) is 8.57. The summed E-state index contributed by atoms with van der Waals surface area (Å²) in [6, 6.07) is 5.88. The largest absolute Gasteiger partial charge is 0.362 e. The maximum absolute atomic E-state index is 8.48. The molecule has 58 valence electrons. The van der Waals surface area contributed by atoms with Crippen molar-refractivity contribution in [3.63, 3.8) is 0 Å². The van der Waals surface area contributed by atoms with E-state index in [0.29, 0.717) is 0 Å². The van der Waals surface area contributed by atoms with Gasteiger partial charge in [-0.25, -0.2) is 0 Å². The van der Waals surface area contributed by atoms with Gasteiger partial charge in [-0.05, 0) is 35.0 Å². The number of nitrogens with one attached hydrogen (secondary N) is 1. The number of nitrogens with zero attached hydrogens (tertiary/aromatic N) is 1. The molecule has 0 fully saturated rings. The first-order valence-electron chi connectivity index (χ1n) is 3.14. The summed E-state index contributed by atoms with van der Waals surface area (Å²) in [6.45, 7) is 1.83. The number of anilines is 1. The normalized spacial score (nSPS) is 12.1. The predicted octanol–water partition coefficient (Wildman–Crippen LogP) is 2.83. The van der Waals surface area contributed by atoms with E-state index < -0.39 is 0 Å². The Kier molecular flexibility index (Phi) is 2.92. The van der Waals surface area contributed by atoms with Crippen molar-refractivity contribution < 1.29 is 0 Å². The number of hydrogen-bond donors (Lipinski definition) is 1. The molecule has 0 aliphatic heterocycles. The van der Waals surface area contributed by atoms with Crippen molar-refractivity contribution >= 4 is 32.3 Å². The Bertz CT molecular complexity index is 276. The topological polar surface area (TPSA) is 35.8 Å². The van der Waals surface area contributed by atoms with Crippen molar-refractivity contribution in [1.29, 1.82) is 5.26 Å². The van der Waals surface area contributed by atoms with Crippen LogP contribution < -0.4 is 5.32 Å². The Balaban J connectivity index is 2.59. The van der Waals surface area contributed by atoms with E-state index in [9.17, 15) is 0 Å². The second kappa shape index (κ2) is 3.74. The quantitative estimate of drug-likeness (QED) is 0.849. The van der Waals surface area contributed by atoms with Crippen molar-refractivity contribution in [3.05, 3.63) is 15.9 Å². The van der Waals surface area contributed by atoms with Gasteiger partial charge in [-0.1, -0.05) is 0 Å². The predicted molar refractivity (Wildman–Crippen MR) is 50.7 cm³/mol. The molecular formula is C7H7BrN2S. The first-order chi connectivity index (χ1) is 5.22. The van der Waals surface area contributed by atoms with Crippen LogP contribution in [0.25, 0.3) is 0 Å². The van der Waals surface area contributed by atoms with Gasteiger partial charge in [0.1, 0.15) is 6.04 Å². The molecule has 0 saturated heterocycles. The SMILES string of the molecule is CC(C#N)Nc1ccc(Br)s1. The molecule has 0 aromatic carbocycles. The zero-order valence-corrected chi connectivity index (χ0v) is 8.37. The van der Waals surface area contributed by atoms with Gasteiger partial charge in [0.25, 0.3) is 0 Å². The minimum atomic E-state index is -0.124. The Morgan fingerprint density at radius 2 is 2.45 bits per heavy atom. The fourth-order valence-corrected chi connectivity index (χ4v) is 2.01. The zero-order valence-electron chi connectivity index (χ0n) is 5.97. The van der Waals surface area contributed by atoms with Crippen LogP contribution in [0.15, 0.2) is 15.9 Å². The van der Waals surface area contributed by atoms with Crippen LogP contribution in [0.3, 0.4) is 0 Å². The Morgan fingerprint density at radius 1 is 1.73 bits per heavy atom. The third kappa shape index (κ3) is 2.52. The average Bonchev–Trinajstić information content (AvgIpc) is 2.35. The van der Waals surface area contributed by atoms with Crippen molar-refractivity contribution in [2.75, 3.05) is 5.32 Å². The van der Waals surface area contributed by atoms with E-state index in [0.717, 1.165) is 8.79 Å². The summed E-state index contributed by atoms with van der Waals surface area (Å²) in [5.41, 5.74) is 0. The summed E-state index contributed by atoms with van der Waals surface area (Å²) >= 11 is 4.93. The molecule has 1 rings (SSSR count). The minimum absolute atomic E-state index is 0.124. The second-order valence-corrected chi connectivity index (χ2v) is 4.56. The lowest BCUT2D eigenvalue weighted by molar-refractivity contribution is 1.02. The van der Waals surface area contributed by atoms with Gasteiger partial charge in [0.05, 0.1) is 14.9 Å². The van der Waals surface area contributed by atoms with Crippen molar-refractivity contribution in [3.8, 4) is 6.07 Å². The van der Waals surface area contributed by atoms with E-state index in [1.54, 1.807) is 11.3 Å². The Hall–Kier alpha value is -0.530. The first-order valence-corrected chi connectivity index (χ1v) is 4.75. The molecule has 11 heavy (non-hydrogen) atoms. The van der Waals surface area contributed by atoms with Gasteiger partial charge >= 0.3 is 0 Å². The molecule has 1 atom stereocenters. The van der Waals surface area contributed by atoms with Gasteiger partial charge in [-0.15, -0.1) is 11.3 Å². The molecule has 1 aromatic rings. The summed E-state index contributed by atoms with van der Waals surface area (Å²) in [5.74, 6) is 0. The van der Waals surface area contributed by atoms with Crippen LogP contribution in [0.1, 0.15) is 6.92 Å². The van der Waals surface area contributed by atoms with Crippen LogP contribution in [0, 0.1) is 11.3 Å². The number of nitriles is 1. The fourth-order valence-electron chi connectivity index (χ4n) is 0.638. The molecular weight excluding hydrogens is 224 g/mol. The molecule has 1 unspecified atom stereocenters. The third-order valence-electron chi connectivity index (χ3n) is 1.13.